The number of methoxy groups -OCH3 is 2. The molecule has 5 nitrogen and oxygen atoms in total. The van der Waals surface area contributed by atoms with Gasteiger partial charge in [0.05, 0.1) is 14.2 Å². The Bertz CT molecular complexity index is 481. The Kier molecular flexibility index (Phi) is 5.44. The Morgan fingerprint density at radius 3 is 2.24 bits per heavy atom. The molecule has 0 spiro atoms. The largest absolute Gasteiger partial charge is 0.493 e. The minimum atomic E-state index is -0.816. The van der Waals surface area contributed by atoms with Gasteiger partial charge in [0.15, 0.2) is 11.5 Å². The molecule has 0 bridgehead atoms. The van der Waals surface area contributed by atoms with Crippen LogP contribution in [0, 0.1) is 0 Å². The van der Waals surface area contributed by atoms with Crippen LogP contribution in [0.15, 0.2) is 18.2 Å². The summed E-state index contributed by atoms with van der Waals surface area (Å²) >= 11 is 0. The van der Waals surface area contributed by atoms with Crippen LogP contribution in [0.3, 0.4) is 0 Å². The van der Waals surface area contributed by atoms with Crippen LogP contribution in [0.5, 0.6) is 11.5 Å². The molecule has 0 aromatic heterocycles. The number of hydrogen-bond donors (Lipinski definition) is 1. The molecule has 5 heteroatoms. The van der Waals surface area contributed by atoms with E-state index in [1.165, 1.54) is 12.8 Å². The van der Waals surface area contributed by atoms with Gasteiger partial charge in [-0.25, -0.2) is 0 Å². The van der Waals surface area contributed by atoms with Gasteiger partial charge in [0.1, 0.15) is 6.04 Å². The van der Waals surface area contributed by atoms with Crippen molar-refractivity contribution in [2.75, 3.05) is 27.3 Å². The summed E-state index contributed by atoms with van der Waals surface area (Å²) < 4.78 is 10.5. The SMILES string of the molecule is COc1ccc([C@H](C(=O)O)N2CCCCCC2)cc1OC. The maximum atomic E-state index is 11.8. The summed E-state index contributed by atoms with van der Waals surface area (Å²) in [6.45, 7) is 1.65. The lowest BCUT2D eigenvalue weighted by Gasteiger charge is -2.28. The van der Waals surface area contributed by atoms with E-state index >= 15 is 0 Å². The summed E-state index contributed by atoms with van der Waals surface area (Å²) in [7, 11) is 3.13. The molecule has 2 rings (SSSR count). The molecule has 1 aliphatic heterocycles. The third-order valence-corrected chi connectivity index (χ3v) is 3.96. The zero-order valence-electron chi connectivity index (χ0n) is 12.7. The highest BCUT2D eigenvalue weighted by molar-refractivity contribution is 5.76. The minimum Gasteiger partial charge on any atom is -0.493 e. The Morgan fingerprint density at radius 2 is 1.71 bits per heavy atom. The van der Waals surface area contributed by atoms with Gasteiger partial charge in [-0.1, -0.05) is 18.9 Å². The zero-order chi connectivity index (χ0) is 15.2. The fourth-order valence-corrected chi connectivity index (χ4v) is 2.89. The number of rotatable bonds is 5. The van der Waals surface area contributed by atoms with E-state index < -0.39 is 12.0 Å². The monoisotopic (exact) mass is 293 g/mol. The summed E-state index contributed by atoms with van der Waals surface area (Å²) in [5.74, 6) is 0.362. The van der Waals surface area contributed by atoms with Gasteiger partial charge >= 0.3 is 5.97 Å². The fraction of sp³-hybridized carbons (Fsp3) is 0.562. The molecule has 1 aliphatic rings. The van der Waals surface area contributed by atoms with Crippen LogP contribution in [-0.2, 0) is 4.79 Å². The Morgan fingerprint density at radius 1 is 1.10 bits per heavy atom. The first-order chi connectivity index (χ1) is 10.2. The predicted molar refractivity (Wildman–Crippen MR) is 80.0 cm³/mol. The standard InChI is InChI=1S/C16H23NO4/c1-20-13-8-7-12(11-14(13)21-2)15(16(18)19)17-9-5-3-4-6-10-17/h7-8,11,15H,3-6,9-10H2,1-2H3,(H,18,19)/t15-/m1/s1. The third kappa shape index (κ3) is 3.67. The van der Waals surface area contributed by atoms with E-state index in [0.29, 0.717) is 11.5 Å². The Balaban J connectivity index is 2.31. The second-order valence-electron chi connectivity index (χ2n) is 5.31. The first-order valence-corrected chi connectivity index (χ1v) is 7.36. The molecule has 0 unspecified atom stereocenters. The van der Waals surface area contributed by atoms with Crippen LogP contribution >= 0.6 is 0 Å². The molecule has 21 heavy (non-hydrogen) atoms. The lowest BCUT2D eigenvalue weighted by atomic mass is 10.0. The van der Waals surface area contributed by atoms with Crippen molar-refractivity contribution in [1.82, 2.24) is 4.90 Å². The van der Waals surface area contributed by atoms with Gasteiger partial charge in [-0.05, 0) is 43.6 Å². The number of aliphatic carboxylic acids is 1. The van der Waals surface area contributed by atoms with Gasteiger partial charge in [-0.2, -0.15) is 0 Å². The van der Waals surface area contributed by atoms with Gasteiger partial charge in [-0.15, -0.1) is 0 Å². The summed E-state index contributed by atoms with van der Waals surface area (Å²) in [6.07, 6.45) is 4.46. The van der Waals surface area contributed by atoms with E-state index in [9.17, 15) is 9.90 Å². The molecule has 116 valence electrons. The number of likely N-dealkylation sites (tertiary alicyclic amines) is 1. The number of ether oxygens (including phenoxy) is 2. The molecule has 0 radical (unpaired) electrons. The first-order valence-electron chi connectivity index (χ1n) is 7.36. The predicted octanol–water partition coefficient (Wildman–Crippen LogP) is 2.71. The molecule has 0 amide bonds. The van der Waals surface area contributed by atoms with E-state index in [2.05, 4.69) is 4.90 Å². The quantitative estimate of drug-likeness (QED) is 0.904. The Labute approximate surface area is 125 Å². The second-order valence-corrected chi connectivity index (χ2v) is 5.31. The van der Waals surface area contributed by atoms with Crippen LogP contribution in [0.4, 0.5) is 0 Å². The summed E-state index contributed by atoms with van der Waals surface area (Å²) in [5, 5.41) is 9.65. The van der Waals surface area contributed by atoms with Crippen molar-refractivity contribution in [3.63, 3.8) is 0 Å². The topological polar surface area (TPSA) is 59.0 Å². The first kappa shape index (κ1) is 15.6. The van der Waals surface area contributed by atoms with Crippen molar-refractivity contribution in [2.24, 2.45) is 0 Å². The van der Waals surface area contributed by atoms with Crippen molar-refractivity contribution >= 4 is 5.97 Å². The van der Waals surface area contributed by atoms with E-state index in [1.807, 2.05) is 6.07 Å². The highest BCUT2D eigenvalue weighted by atomic mass is 16.5. The van der Waals surface area contributed by atoms with Gasteiger partial charge in [0, 0.05) is 0 Å². The van der Waals surface area contributed by atoms with Crippen molar-refractivity contribution in [3.8, 4) is 11.5 Å². The average Bonchev–Trinajstić information content (AvgIpc) is 2.76. The van der Waals surface area contributed by atoms with Crippen molar-refractivity contribution < 1.29 is 19.4 Å². The van der Waals surface area contributed by atoms with Gasteiger partial charge in [-0.3, -0.25) is 9.69 Å². The van der Waals surface area contributed by atoms with Crippen LogP contribution in [0.25, 0.3) is 0 Å². The van der Waals surface area contributed by atoms with Crippen molar-refractivity contribution in [2.45, 2.75) is 31.7 Å². The number of carbonyl (C=O) groups is 1. The number of carboxylic acids is 1. The average molecular weight is 293 g/mol. The Hall–Kier alpha value is -1.75. The van der Waals surface area contributed by atoms with Gasteiger partial charge < -0.3 is 14.6 Å². The summed E-state index contributed by atoms with van der Waals surface area (Å²) in [5.41, 5.74) is 0.738. The van der Waals surface area contributed by atoms with Crippen LogP contribution < -0.4 is 9.47 Å². The van der Waals surface area contributed by atoms with Gasteiger partial charge in [0.25, 0.3) is 0 Å². The number of hydrogen-bond acceptors (Lipinski definition) is 4. The number of benzene rings is 1. The molecule has 0 saturated carbocycles. The molecular weight excluding hydrogens is 270 g/mol. The highest BCUT2D eigenvalue weighted by Crippen LogP contribution is 2.32. The zero-order valence-corrected chi connectivity index (χ0v) is 12.7. The molecule has 1 saturated heterocycles. The van der Waals surface area contributed by atoms with E-state index in [0.717, 1.165) is 31.5 Å². The van der Waals surface area contributed by atoms with Crippen LogP contribution in [0.1, 0.15) is 37.3 Å². The normalized spacial score (nSPS) is 17.8. The maximum absolute atomic E-state index is 11.8. The lowest BCUT2D eigenvalue weighted by Crippen LogP contribution is -2.34. The van der Waals surface area contributed by atoms with Crippen molar-refractivity contribution in [3.05, 3.63) is 23.8 Å². The molecule has 1 heterocycles. The highest BCUT2D eigenvalue weighted by Gasteiger charge is 2.28. The van der Waals surface area contributed by atoms with Crippen molar-refractivity contribution in [1.29, 1.82) is 0 Å². The molecule has 0 aliphatic carbocycles. The number of nitrogens with zero attached hydrogens (tertiary/aromatic N) is 1. The third-order valence-electron chi connectivity index (χ3n) is 3.96. The smallest absolute Gasteiger partial charge is 0.325 e. The van der Waals surface area contributed by atoms with E-state index in [1.54, 1.807) is 26.4 Å². The van der Waals surface area contributed by atoms with Gasteiger partial charge in [0.2, 0.25) is 0 Å². The second kappa shape index (κ2) is 7.31. The van der Waals surface area contributed by atoms with E-state index in [-0.39, 0.29) is 0 Å². The molecule has 1 aromatic carbocycles. The fourth-order valence-electron chi connectivity index (χ4n) is 2.89. The number of carboxylic acid groups (broad SMARTS) is 1. The molecular formula is C16H23NO4. The van der Waals surface area contributed by atoms with Crippen LogP contribution in [0.2, 0.25) is 0 Å². The van der Waals surface area contributed by atoms with E-state index in [4.69, 9.17) is 9.47 Å². The minimum absolute atomic E-state index is 0.566. The maximum Gasteiger partial charge on any atom is 0.325 e. The molecule has 1 N–H and O–H groups in total. The molecule has 1 aromatic rings. The van der Waals surface area contributed by atoms with Crippen LogP contribution in [-0.4, -0.2) is 43.3 Å². The lowest BCUT2D eigenvalue weighted by molar-refractivity contribution is -0.143. The summed E-state index contributed by atoms with van der Waals surface area (Å²) in [4.78, 5) is 13.8. The molecule has 1 fully saturated rings. The summed E-state index contributed by atoms with van der Waals surface area (Å²) in [6, 6.07) is 4.72. The molecule has 1 atom stereocenters.